The van der Waals surface area contributed by atoms with Gasteiger partial charge in [-0.15, -0.1) is 0 Å². The summed E-state index contributed by atoms with van der Waals surface area (Å²) in [6, 6.07) is 3.43. The zero-order valence-electron chi connectivity index (χ0n) is 11.4. The van der Waals surface area contributed by atoms with Crippen LogP contribution >= 0.6 is 0 Å². The minimum Gasteiger partial charge on any atom is -0.369 e. The monoisotopic (exact) mass is 262 g/mol. The van der Waals surface area contributed by atoms with Crippen LogP contribution in [0.15, 0.2) is 18.3 Å². The van der Waals surface area contributed by atoms with E-state index in [0.717, 1.165) is 26.2 Å². The van der Waals surface area contributed by atoms with Crippen molar-refractivity contribution in [1.29, 1.82) is 0 Å². The van der Waals surface area contributed by atoms with E-state index in [2.05, 4.69) is 22.1 Å². The zero-order valence-corrected chi connectivity index (χ0v) is 11.4. The van der Waals surface area contributed by atoms with Crippen LogP contribution in [0, 0.1) is 5.92 Å². The quantitative estimate of drug-likeness (QED) is 0.839. The third-order valence-electron chi connectivity index (χ3n) is 3.79. The highest BCUT2D eigenvalue weighted by molar-refractivity contribution is 5.97. The molecule has 0 aromatic carbocycles. The maximum absolute atomic E-state index is 11.3. The second-order valence-corrected chi connectivity index (χ2v) is 5.02. The highest BCUT2D eigenvalue weighted by Gasteiger charge is 2.18. The minimum atomic E-state index is -0.434. The van der Waals surface area contributed by atoms with Crippen molar-refractivity contribution in [2.45, 2.75) is 19.8 Å². The van der Waals surface area contributed by atoms with Gasteiger partial charge in [-0.25, -0.2) is 4.98 Å². The maximum atomic E-state index is 11.3. The molecule has 1 aromatic heterocycles. The fourth-order valence-electron chi connectivity index (χ4n) is 2.49. The van der Waals surface area contributed by atoms with Gasteiger partial charge in [-0.05, 0) is 50.5 Å². The number of rotatable bonds is 5. The lowest BCUT2D eigenvalue weighted by molar-refractivity contribution is 0.100. The third kappa shape index (κ3) is 3.67. The van der Waals surface area contributed by atoms with Crippen LogP contribution in [0.5, 0.6) is 0 Å². The first-order valence-electron chi connectivity index (χ1n) is 6.91. The molecule has 1 amide bonds. The summed E-state index contributed by atoms with van der Waals surface area (Å²) in [5, 5.41) is 3.27. The number of carbonyl (C=O) groups is 1. The molecule has 1 fully saturated rings. The van der Waals surface area contributed by atoms with Crippen LogP contribution < -0.4 is 11.1 Å². The first kappa shape index (κ1) is 13.8. The molecule has 0 bridgehead atoms. The van der Waals surface area contributed by atoms with Crippen molar-refractivity contribution in [3.8, 4) is 0 Å². The normalized spacial score (nSPS) is 17.3. The van der Waals surface area contributed by atoms with E-state index in [0.29, 0.717) is 17.3 Å². The van der Waals surface area contributed by atoms with Crippen molar-refractivity contribution < 1.29 is 4.79 Å². The van der Waals surface area contributed by atoms with Crippen molar-refractivity contribution in [1.82, 2.24) is 9.88 Å². The number of amides is 1. The van der Waals surface area contributed by atoms with Crippen molar-refractivity contribution in [3.63, 3.8) is 0 Å². The Balaban J connectivity index is 1.88. The molecule has 19 heavy (non-hydrogen) atoms. The van der Waals surface area contributed by atoms with Crippen LogP contribution in [0.25, 0.3) is 0 Å². The predicted octanol–water partition coefficient (Wildman–Crippen LogP) is 1.32. The second kappa shape index (κ2) is 6.52. The topological polar surface area (TPSA) is 71.2 Å². The molecule has 2 heterocycles. The summed E-state index contributed by atoms with van der Waals surface area (Å²) in [7, 11) is 0. The van der Waals surface area contributed by atoms with E-state index in [1.807, 2.05) is 0 Å². The molecule has 0 atom stereocenters. The molecule has 1 aliphatic heterocycles. The molecular formula is C14H22N4O. The van der Waals surface area contributed by atoms with E-state index in [1.54, 1.807) is 18.3 Å². The molecule has 1 aliphatic rings. The van der Waals surface area contributed by atoms with Gasteiger partial charge in [0, 0.05) is 12.7 Å². The molecule has 0 saturated carbocycles. The molecule has 0 spiro atoms. The van der Waals surface area contributed by atoms with Crippen LogP contribution in [-0.2, 0) is 0 Å². The first-order chi connectivity index (χ1) is 9.20. The van der Waals surface area contributed by atoms with Gasteiger partial charge in [0.1, 0.15) is 5.82 Å². The Morgan fingerprint density at radius 1 is 1.53 bits per heavy atom. The molecule has 1 aromatic rings. The molecule has 5 nitrogen and oxygen atoms in total. The average molecular weight is 262 g/mol. The second-order valence-electron chi connectivity index (χ2n) is 5.02. The van der Waals surface area contributed by atoms with Gasteiger partial charge in [0.25, 0.3) is 5.91 Å². The molecule has 104 valence electrons. The van der Waals surface area contributed by atoms with Gasteiger partial charge in [0.15, 0.2) is 0 Å². The Kier molecular flexibility index (Phi) is 4.74. The number of hydrogen-bond donors (Lipinski definition) is 2. The van der Waals surface area contributed by atoms with Gasteiger partial charge in [0.2, 0.25) is 0 Å². The molecular weight excluding hydrogens is 240 g/mol. The van der Waals surface area contributed by atoms with Gasteiger partial charge in [-0.1, -0.05) is 6.92 Å². The van der Waals surface area contributed by atoms with Crippen molar-refractivity contribution >= 4 is 11.7 Å². The summed E-state index contributed by atoms with van der Waals surface area (Å²) in [6.45, 7) is 6.51. The molecule has 1 saturated heterocycles. The Morgan fingerprint density at radius 2 is 2.26 bits per heavy atom. The number of likely N-dealkylation sites (tertiary alicyclic amines) is 1. The number of anilines is 1. The largest absolute Gasteiger partial charge is 0.369 e. The van der Waals surface area contributed by atoms with Gasteiger partial charge < -0.3 is 16.0 Å². The van der Waals surface area contributed by atoms with E-state index < -0.39 is 5.91 Å². The number of nitrogens with zero attached hydrogens (tertiary/aromatic N) is 2. The Bertz CT molecular complexity index is 427. The first-order valence-corrected chi connectivity index (χ1v) is 6.91. The van der Waals surface area contributed by atoms with Crippen molar-refractivity contribution in [2.24, 2.45) is 11.7 Å². The van der Waals surface area contributed by atoms with Crippen molar-refractivity contribution in [3.05, 3.63) is 23.9 Å². The summed E-state index contributed by atoms with van der Waals surface area (Å²) >= 11 is 0. The number of nitrogens with one attached hydrogen (secondary N) is 1. The van der Waals surface area contributed by atoms with Gasteiger partial charge >= 0.3 is 0 Å². The Labute approximate surface area is 114 Å². The zero-order chi connectivity index (χ0) is 13.7. The Hall–Kier alpha value is -1.62. The number of piperidine rings is 1. The lowest BCUT2D eigenvalue weighted by Gasteiger charge is -2.31. The van der Waals surface area contributed by atoms with Crippen LogP contribution in [0.4, 0.5) is 5.82 Å². The van der Waals surface area contributed by atoms with E-state index in [1.165, 1.54) is 12.8 Å². The standard InChI is InChI=1S/C14H22N4O/c1-2-18-8-5-11(6-9-18)10-17-14-12(13(15)19)4-3-7-16-14/h3-4,7,11H,2,5-6,8-10H2,1H3,(H2,15,19)(H,16,17). The van der Waals surface area contributed by atoms with Gasteiger partial charge in [-0.3, -0.25) is 4.79 Å². The number of hydrogen-bond acceptors (Lipinski definition) is 4. The fourth-order valence-corrected chi connectivity index (χ4v) is 2.49. The summed E-state index contributed by atoms with van der Waals surface area (Å²) in [4.78, 5) is 17.9. The van der Waals surface area contributed by atoms with E-state index >= 15 is 0 Å². The average Bonchev–Trinajstić information content (AvgIpc) is 2.46. The summed E-state index contributed by atoms with van der Waals surface area (Å²) in [5.74, 6) is 0.815. The van der Waals surface area contributed by atoms with E-state index in [9.17, 15) is 4.79 Å². The van der Waals surface area contributed by atoms with Crippen LogP contribution in [-0.4, -0.2) is 42.0 Å². The summed E-state index contributed by atoms with van der Waals surface area (Å²) < 4.78 is 0. The fraction of sp³-hybridized carbons (Fsp3) is 0.571. The molecule has 0 radical (unpaired) electrons. The Morgan fingerprint density at radius 3 is 2.89 bits per heavy atom. The smallest absolute Gasteiger partial charge is 0.252 e. The van der Waals surface area contributed by atoms with E-state index in [-0.39, 0.29) is 0 Å². The van der Waals surface area contributed by atoms with E-state index in [4.69, 9.17) is 5.73 Å². The maximum Gasteiger partial charge on any atom is 0.252 e. The number of primary amides is 1. The number of nitrogens with two attached hydrogens (primary N) is 1. The van der Waals surface area contributed by atoms with Gasteiger partial charge in [0.05, 0.1) is 5.56 Å². The van der Waals surface area contributed by atoms with Crippen LogP contribution in [0.2, 0.25) is 0 Å². The molecule has 5 heteroatoms. The molecule has 0 aliphatic carbocycles. The van der Waals surface area contributed by atoms with Crippen molar-refractivity contribution in [2.75, 3.05) is 31.5 Å². The van der Waals surface area contributed by atoms with Crippen LogP contribution in [0.3, 0.4) is 0 Å². The lowest BCUT2D eigenvalue weighted by atomic mass is 9.97. The molecule has 3 N–H and O–H groups in total. The van der Waals surface area contributed by atoms with Crippen LogP contribution in [0.1, 0.15) is 30.1 Å². The summed E-state index contributed by atoms with van der Waals surface area (Å²) in [6.07, 6.45) is 4.06. The summed E-state index contributed by atoms with van der Waals surface area (Å²) in [5.41, 5.74) is 5.80. The number of pyridine rings is 1. The number of carbonyl (C=O) groups excluding carboxylic acids is 1. The SMILES string of the molecule is CCN1CCC(CNc2ncccc2C(N)=O)CC1. The molecule has 0 unspecified atom stereocenters. The highest BCUT2D eigenvalue weighted by atomic mass is 16.1. The lowest BCUT2D eigenvalue weighted by Crippen LogP contribution is -2.35. The highest BCUT2D eigenvalue weighted by Crippen LogP contribution is 2.18. The number of aromatic nitrogens is 1. The molecule has 2 rings (SSSR count). The minimum absolute atomic E-state index is 0.434. The third-order valence-corrected chi connectivity index (χ3v) is 3.79. The predicted molar refractivity (Wildman–Crippen MR) is 76.1 cm³/mol. The van der Waals surface area contributed by atoms with Gasteiger partial charge in [-0.2, -0.15) is 0 Å².